The van der Waals surface area contributed by atoms with Gasteiger partial charge in [-0.25, -0.2) is 0 Å². The SMILES string of the molecule is COCCNC(=O)C1CCC(C)N(Cc2noc(CN)n2)C1. The highest BCUT2D eigenvalue weighted by atomic mass is 16.5. The van der Waals surface area contributed by atoms with Gasteiger partial charge in [0.1, 0.15) is 0 Å². The van der Waals surface area contributed by atoms with Gasteiger partial charge in [-0.15, -0.1) is 0 Å². The number of hydrogen-bond acceptors (Lipinski definition) is 7. The lowest BCUT2D eigenvalue weighted by Crippen LogP contribution is -2.47. The summed E-state index contributed by atoms with van der Waals surface area (Å²) in [4.78, 5) is 18.6. The first-order valence-corrected chi connectivity index (χ1v) is 7.66. The van der Waals surface area contributed by atoms with E-state index in [0.29, 0.717) is 44.0 Å². The number of methoxy groups -OCH3 is 1. The van der Waals surface area contributed by atoms with Crippen LogP contribution in [0.4, 0.5) is 0 Å². The van der Waals surface area contributed by atoms with Crippen LogP contribution >= 0.6 is 0 Å². The molecule has 0 radical (unpaired) electrons. The summed E-state index contributed by atoms with van der Waals surface area (Å²) in [6.45, 7) is 4.75. The molecular weight excluding hydrogens is 286 g/mol. The van der Waals surface area contributed by atoms with Crippen molar-refractivity contribution in [3.8, 4) is 0 Å². The van der Waals surface area contributed by atoms with Crippen molar-refractivity contribution in [1.29, 1.82) is 0 Å². The number of amides is 1. The maximum absolute atomic E-state index is 12.2. The molecule has 0 saturated carbocycles. The van der Waals surface area contributed by atoms with E-state index in [4.69, 9.17) is 15.0 Å². The molecule has 124 valence electrons. The molecule has 1 aromatic rings. The van der Waals surface area contributed by atoms with Gasteiger partial charge in [-0.05, 0) is 19.8 Å². The number of ether oxygens (including phenoxy) is 1. The van der Waals surface area contributed by atoms with E-state index in [1.807, 2.05) is 0 Å². The van der Waals surface area contributed by atoms with Crippen molar-refractivity contribution in [2.75, 3.05) is 26.8 Å². The number of carbonyl (C=O) groups is 1. The van der Waals surface area contributed by atoms with Crippen molar-refractivity contribution in [2.24, 2.45) is 11.7 Å². The molecule has 0 spiro atoms. The van der Waals surface area contributed by atoms with Gasteiger partial charge in [-0.2, -0.15) is 4.98 Å². The van der Waals surface area contributed by atoms with Gasteiger partial charge < -0.3 is 20.3 Å². The minimum absolute atomic E-state index is 0.00561. The number of piperidine rings is 1. The second-order valence-electron chi connectivity index (χ2n) is 5.65. The quantitative estimate of drug-likeness (QED) is 0.677. The molecule has 8 nitrogen and oxygen atoms in total. The number of rotatable bonds is 7. The number of likely N-dealkylation sites (tertiary alicyclic amines) is 1. The highest BCUT2D eigenvalue weighted by Gasteiger charge is 2.30. The van der Waals surface area contributed by atoms with E-state index in [9.17, 15) is 4.79 Å². The van der Waals surface area contributed by atoms with Crippen LogP contribution in [0.2, 0.25) is 0 Å². The molecule has 1 saturated heterocycles. The van der Waals surface area contributed by atoms with Gasteiger partial charge in [-0.3, -0.25) is 9.69 Å². The summed E-state index contributed by atoms with van der Waals surface area (Å²) < 4.78 is 9.97. The zero-order valence-electron chi connectivity index (χ0n) is 13.2. The first-order chi connectivity index (χ1) is 10.6. The Morgan fingerprint density at radius 1 is 1.55 bits per heavy atom. The summed E-state index contributed by atoms with van der Waals surface area (Å²) in [5, 5.41) is 6.83. The summed E-state index contributed by atoms with van der Waals surface area (Å²) in [5.74, 6) is 1.14. The molecule has 2 rings (SSSR count). The number of carbonyl (C=O) groups excluding carboxylic acids is 1. The molecule has 0 bridgehead atoms. The van der Waals surface area contributed by atoms with Crippen molar-refractivity contribution in [3.63, 3.8) is 0 Å². The lowest BCUT2D eigenvalue weighted by Gasteiger charge is -2.36. The summed E-state index contributed by atoms with van der Waals surface area (Å²) in [7, 11) is 1.62. The summed E-state index contributed by atoms with van der Waals surface area (Å²) in [6.07, 6.45) is 1.88. The summed E-state index contributed by atoms with van der Waals surface area (Å²) in [6, 6.07) is 0.392. The second kappa shape index (κ2) is 8.21. The monoisotopic (exact) mass is 311 g/mol. The Kier molecular flexibility index (Phi) is 6.29. The number of nitrogens with two attached hydrogens (primary N) is 1. The van der Waals surface area contributed by atoms with Gasteiger partial charge >= 0.3 is 0 Å². The molecule has 1 amide bonds. The standard InChI is InChI=1S/C14H25N5O3/c1-10-3-4-11(14(20)16-5-6-21-2)8-19(10)9-12-17-13(7-15)22-18-12/h10-11H,3-9,15H2,1-2H3,(H,16,20). The number of nitrogens with one attached hydrogen (secondary N) is 1. The van der Waals surface area contributed by atoms with Crippen LogP contribution in [-0.2, 0) is 22.6 Å². The Balaban J connectivity index is 1.88. The van der Waals surface area contributed by atoms with E-state index in [1.165, 1.54) is 0 Å². The number of nitrogens with zero attached hydrogens (tertiary/aromatic N) is 3. The Morgan fingerprint density at radius 3 is 3.05 bits per heavy atom. The molecule has 8 heteroatoms. The minimum atomic E-state index is -0.00561. The molecule has 2 atom stereocenters. The average molecular weight is 311 g/mol. The lowest BCUT2D eigenvalue weighted by atomic mass is 9.92. The Bertz CT molecular complexity index is 479. The predicted molar refractivity (Wildman–Crippen MR) is 79.7 cm³/mol. The minimum Gasteiger partial charge on any atom is -0.383 e. The lowest BCUT2D eigenvalue weighted by molar-refractivity contribution is -0.127. The van der Waals surface area contributed by atoms with E-state index in [-0.39, 0.29) is 18.4 Å². The van der Waals surface area contributed by atoms with E-state index < -0.39 is 0 Å². The van der Waals surface area contributed by atoms with Crippen LogP contribution in [0.5, 0.6) is 0 Å². The largest absolute Gasteiger partial charge is 0.383 e. The van der Waals surface area contributed by atoms with Crippen molar-refractivity contribution in [3.05, 3.63) is 11.7 Å². The van der Waals surface area contributed by atoms with Gasteiger partial charge in [0.15, 0.2) is 5.82 Å². The molecule has 1 aromatic heterocycles. The molecule has 0 aliphatic carbocycles. The van der Waals surface area contributed by atoms with Crippen molar-refractivity contribution >= 4 is 5.91 Å². The smallest absolute Gasteiger partial charge is 0.240 e. The highest BCUT2D eigenvalue weighted by Crippen LogP contribution is 2.23. The van der Waals surface area contributed by atoms with Crippen LogP contribution in [0.15, 0.2) is 4.52 Å². The first kappa shape index (κ1) is 16.9. The van der Waals surface area contributed by atoms with Crippen LogP contribution in [0.25, 0.3) is 0 Å². The van der Waals surface area contributed by atoms with Crippen LogP contribution in [-0.4, -0.2) is 53.8 Å². The Hall–Kier alpha value is -1.51. The maximum Gasteiger partial charge on any atom is 0.240 e. The third kappa shape index (κ3) is 4.49. The van der Waals surface area contributed by atoms with E-state index >= 15 is 0 Å². The number of aromatic nitrogens is 2. The van der Waals surface area contributed by atoms with E-state index in [2.05, 4.69) is 27.3 Å². The third-order valence-electron chi connectivity index (χ3n) is 4.02. The molecule has 1 aliphatic rings. The molecule has 22 heavy (non-hydrogen) atoms. The molecular formula is C14H25N5O3. The van der Waals surface area contributed by atoms with Crippen LogP contribution in [0, 0.1) is 5.92 Å². The highest BCUT2D eigenvalue weighted by molar-refractivity contribution is 5.78. The van der Waals surface area contributed by atoms with Gasteiger partial charge in [-0.1, -0.05) is 5.16 Å². The second-order valence-corrected chi connectivity index (χ2v) is 5.65. The van der Waals surface area contributed by atoms with Crippen LogP contribution in [0.1, 0.15) is 31.5 Å². The van der Waals surface area contributed by atoms with Crippen LogP contribution in [0.3, 0.4) is 0 Å². The van der Waals surface area contributed by atoms with Crippen LogP contribution < -0.4 is 11.1 Å². The predicted octanol–water partition coefficient (Wildman–Crippen LogP) is -0.109. The third-order valence-corrected chi connectivity index (χ3v) is 4.02. The first-order valence-electron chi connectivity index (χ1n) is 7.66. The maximum atomic E-state index is 12.2. The van der Waals surface area contributed by atoms with Gasteiger partial charge in [0, 0.05) is 26.2 Å². The van der Waals surface area contributed by atoms with Crippen molar-refractivity contribution in [2.45, 2.75) is 38.9 Å². The molecule has 2 heterocycles. The zero-order valence-corrected chi connectivity index (χ0v) is 13.2. The average Bonchev–Trinajstić information content (AvgIpc) is 2.97. The normalized spacial score (nSPS) is 22.7. The topological polar surface area (TPSA) is 107 Å². The Morgan fingerprint density at radius 2 is 2.36 bits per heavy atom. The van der Waals surface area contributed by atoms with Gasteiger partial charge in [0.25, 0.3) is 0 Å². The molecule has 3 N–H and O–H groups in total. The van der Waals surface area contributed by atoms with E-state index in [0.717, 1.165) is 12.8 Å². The fourth-order valence-corrected chi connectivity index (χ4v) is 2.65. The van der Waals surface area contributed by atoms with Crippen molar-refractivity contribution in [1.82, 2.24) is 20.4 Å². The van der Waals surface area contributed by atoms with Crippen molar-refractivity contribution < 1.29 is 14.1 Å². The molecule has 0 aromatic carbocycles. The molecule has 2 unspecified atom stereocenters. The van der Waals surface area contributed by atoms with Gasteiger partial charge in [0.05, 0.1) is 25.6 Å². The fraction of sp³-hybridized carbons (Fsp3) is 0.786. The summed E-state index contributed by atoms with van der Waals surface area (Å²) in [5.41, 5.74) is 5.47. The zero-order chi connectivity index (χ0) is 15.9. The summed E-state index contributed by atoms with van der Waals surface area (Å²) >= 11 is 0. The van der Waals surface area contributed by atoms with Gasteiger partial charge in [0.2, 0.25) is 11.8 Å². The Labute approximate surface area is 130 Å². The van der Waals surface area contributed by atoms with E-state index in [1.54, 1.807) is 7.11 Å². The molecule has 1 aliphatic heterocycles. The fourth-order valence-electron chi connectivity index (χ4n) is 2.65. The molecule has 1 fully saturated rings. The number of hydrogen-bond donors (Lipinski definition) is 2.